The summed E-state index contributed by atoms with van der Waals surface area (Å²) in [5.74, 6) is 1.18. The third-order valence-electron chi connectivity index (χ3n) is 5.02. The van der Waals surface area contributed by atoms with Crippen molar-refractivity contribution >= 4 is 15.9 Å². The van der Waals surface area contributed by atoms with E-state index in [-0.39, 0.29) is 17.3 Å². The summed E-state index contributed by atoms with van der Waals surface area (Å²) in [6.45, 7) is 6.19. The van der Waals surface area contributed by atoms with Gasteiger partial charge < -0.3 is 19.5 Å². The van der Waals surface area contributed by atoms with Gasteiger partial charge in [-0.15, -0.1) is 0 Å². The van der Waals surface area contributed by atoms with Crippen molar-refractivity contribution in [2.24, 2.45) is 0 Å². The Kier molecular flexibility index (Phi) is 8.29. The van der Waals surface area contributed by atoms with Crippen LogP contribution in [0.3, 0.4) is 0 Å². The summed E-state index contributed by atoms with van der Waals surface area (Å²) in [7, 11) is 0.915. The molecule has 0 aliphatic rings. The highest BCUT2D eigenvalue weighted by Crippen LogP contribution is 2.34. The first-order valence-electron chi connectivity index (χ1n) is 9.91. The van der Waals surface area contributed by atoms with Gasteiger partial charge in [-0.3, -0.25) is 4.79 Å². The predicted octanol–water partition coefficient (Wildman–Crippen LogP) is 2.98. The number of hydrogen-bond acceptors (Lipinski definition) is 6. The standard InChI is InChI=1S/C22H30N2O6S/c1-7-24(8-2)31(26,27)17-10-9-15(3)18(12-17)22(25)23-14-16-11-20(29-5)21(30-6)13-19(16)28-4/h9-13H,7-8,14H2,1-6H3,(H,23,25). The summed E-state index contributed by atoms with van der Waals surface area (Å²) in [4.78, 5) is 13.0. The van der Waals surface area contributed by atoms with Crippen molar-refractivity contribution < 1.29 is 27.4 Å². The molecule has 0 aliphatic carbocycles. The number of sulfonamides is 1. The van der Waals surface area contributed by atoms with Crippen molar-refractivity contribution in [1.29, 1.82) is 0 Å². The summed E-state index contributed by atoms with van der Waals surface area (Å²) in [5.41, 5.74) is 1.67. The van der Waals surface area contributed by atoms with Gasteiger partial charge in [0, 0.05) is 36.8 Å². The molecule has 2 aromatic rings. The topological polar surface area (TPSA) is 94.2 Å². The molecule has 0 saturated carbocycles. The van der Waals surface area contributed by atoms with E-state index in [1.807, 2.05) is 0 Å². The molecular weight excluding hydrogens is 420 g/mol. The lowest BCUT2D eigenvalue weighted by atomic mass is 10.1. The van der Waals surface area contributed by atoms with Crippen LogP contribution in [-0.4, -0.2) is 53.0 Å². The molecule has 0 heterocycles. The number of carbonyl (C=O) groups excluding carboxylic acids is 1. The van der Waals surface area contributed by atoms with E-state index in [1.54, 1.807) is 39.0 Å². The van der Waals surface area contributed by atoms with Crippen LogP contribution in [0.15, 0.2) is 35.2 Å². The molecule has 170 valence electrons. The molecule has 2 aromatic carbocycles. The average Bonchev–Trinajstić information content (AvgIpc) is 2.77. The smallest absolute Gasteiger partial charge is 0.251 e. The quantitative estimate of drug-likeness (QED) is 0.598. The van der Waals surface area contributed by atoms with E-state index in [2.05, 4.69) is 5.32 Å². The Morgan fingerprint density at radius 1 is 0.935 bits per heavy atom. The Bertz CT molecular complexity index is 1030. The van der Waals surface area contributed by atoms with Gasteiger partial charge >= 0.3 is 0 Å². The second-order valence-corrected chi connectivity index (χ2v) is 8.71. The summed E-state index contributed by atoms with van der Waals surface area (Å²) < 4.78 is 43.0. The lowest BCUT2D eigenvalue weighted by molar-refractivity contribution is 0.0950. The number of methoxy groups -OCH3 is 3. The van der Waals surface area contributed by atoms with Crippen LogP contribution in [-0.2, 0) is 16.6 Å². The van der Waals surface area contributed by atoms with Crippen LogP contribution in [0.1, 0.15) is 35.3 Å². The van der Waals surface area contributed by atoms with Crippen LogP contribution in [0.5, 0.6) is 17.2 Å². The van der Waals surface area contributed by atoms with E-state index in [0.717, 1.165) is 0 Å². The van der Waals surface area contributed by atoms with Gasteiger partial charge in [-0.2, -0.15) is 4.31 Å². The number of benzene rings is 2. The zero-order chi connectivity index (χ0) is 23.2. The molecule has 0 unspecified atom stereocenters. The monoisotopic (exact) mass is 450 g/mol. The van der Waals surface area contributed by atoms with Crippen LogP contribution >= 0.6 is 0 Å². The van der Waals surface area contributed by atoms with Crippen LogP contribution in [0.25, 0.3) is 0 Å². The van der Waals surface area contributed by atoms with Crippen molar-refractivity contribution in [3.8, 4) is 17.2 Å². The molecule has 1 amide bonds. The van der Waals surface area contributed by atoms with Crippen molar-refractivity contribution in [2.75, 3.05) is 34.4 Å². The zero-order valence-corrected chi connectivity index (χ0v) is 19.6. The molecule has 0 aliphatic heterocycles. The van der Waals surface area contributed by atoms with Crippen molar-refractivity contribution in [1.82, 2.24) is 9.62 Å². The molecule has 0 fully saturated rings. The molecule has 8 nitrogen and oxygen atoms in total. The highest BCUT2D eigenvalue weighted by molar-refractivity contribution is 7.89. The van der Waals surface area contributed by atoms with Crippen molar-refractivity contribution in [2.45, 2.75) is 32.2 Å². The Morgan fingerprint density at radius 2 is 1.52 bits per heavy atom. The van der Waals surface area contributed by atoms with Gasteiger partial charge in [0.15, 0.2) is 11.5 Å². The van der Waals surface area contributed by atoms with Gasteiger partial charge in [0.2, 0.25) is 10.0 Å². The normalized spacial score (nSPS) is 11.3. The van der Waals surface area contributed by atoms with E-state index in [1.165, 1.54) is 37.8 Å². The molecular formula is C22H30N2O6S. The lowest BCUT2D eigenvalue weighted by Gasteiger charge is -2.19. The van der Waals surface area contributed by atoms with E-state index >= 15 is 0 Å². The average molecular weight is 451 g/mol. The Morgan fingerprint density at radius 3 is 2.06 bits per heavy atom. The minimum atomic E-state index is -3.67. The zero-order valence-electron chi connectivity index (χ0n) is 18.8. The van der Waals surface area contributed by atoms with E-state index in [0.29, 0.717) is 47.0 Å². The number of nitrogens with one attached hydrogen (secondary N) is 1. The molecule has 0 bridgehead atoms. The lowest BCUT2D eigenvalue weighted by Crippen LogP contribution is -2.31. The third-order valence-corrected chi connectivity index (χ3v) is 7.07. The summed E-state index contributed by atoms with van der Waals surface area (Å²) in [6.07, 6.45) is 0. The maximum atomic E-state index is 12.9. The molecule has 0 spiro atoms. The number of rotatable bonds is 10. The van der Waals surface area contributed by atoms with Crippen LogP contribution < -0.4 is 19.5 Å². The molecule has 9 heteroatoms. The Balaban J connectivity index is 2.31. The maximum absolute atomic E-state index is 12.9. The fourth-order valence-electron chi connectivity index (χ4n) is 3.22. The van der Waals surface area contributed by atoms with Crippen LogP contribution in [0.4, 0.5) is 0 Å². The van der Waals surface area contributed by atoms with Crippen LogP contribution in [0.2, 0.25) is 0 Å². The molecule has 0 saturated heterocycles. The van der Waals surface area contributed by atoms with Gasteiger partial charge in [0.1, 0.15) is 5.75 Å². The van der Waals surface area contributed by atoms with Gasteiger partial charge in [-0.1, -0.05) is 19.9 Å². The molecule has 0 radical (unpaired) electrons. The molecule has 0 atom stereocenters. The number of hydrogen-bond donors (Lipinski definition) is 1. The number of carbonyl (C=O) groups is 1. The SMILES string of the molecule is CCN(CC)S(=O)(=O)c1ccc(C)c(C(=O)NCc2cc(OC)c(OC)cc2OC)c1. The maximum Gasteiger partial charge on any atom is 0.251 e. The summed E-state index contributed by atoms with van der Waals surface area (Å²) >= 11 is 0. The number of aryl methyl sites for hydroxylation is 1. The van der Waals surface area contributed by atoms with E-state index in [4.69, 9.17) is 14.2 Å². The van der Waals surface area contributed by atoms with Gasteiger partial charge in [0.25, 0.3) is 5.91 Å². The number of ether oxygens (including phenoxy) is 3. The molecule has 1 N–H and O–H groups in total. The third kappa shape index (κ3) is 5.29. The van der Waals surface area contributed by atoms with Gasteiger partial charge in [-0.05, 0) is 30.7 Å². The summed E-state index contributed by atoms with van der Waals surface area (Å²) in [6, 6.07) is 8.00. The largest absolute Gasteiger partial charge is 0.496 e. The number of amides is 1. The van der Waals surface area contributed by atoms with E-state index in [9.17, 15) is 13.2 Å². The van der Waals surface area contributed by atoms with Crippen molar-refractivity contribution in [3.63, 3.8) is 0 Å². The highest BCUT2D eigenvalue weighted by Gasteiger charge is 2.23. The van der Waals surface area contributed by atoms with Gasteiger partial charge in [0.05, 0.1) is 26.2 Å². The van der Waals surface area contributed by atoms with Crippen molar-refractivity contribution in [3.05, 3.63) is 47.0 Å². The second kappa shape index (κ2) is 10.5. The van der Waals surface area contributed by atoms with Gasteiger partial charge in [-0.25, -0.2) is 8.42 Å². The number of nitrogens with zero attached hydrogens (tertiary/aromatic N) is 1. The fourth-order valence-corrected chi connectivity index (χ4v) is 4.70. The first-order chi connectivity index (χ1) is 14.7. The Hall–Kier alpha value is -2.78. The first-order valence-corrected chi connectivity index (χ1v) is 11.3. The highest BCUT2D eigenvalue weighted by atomic mass is 32.2. The van der Waals surface area contributed by atoms with Crippen LogP contribution in [0, 0.1) is 6.92 Å². The first kappa shape index (κ1) is 24.5. The molecule has 0 aromatic heterocycles. The molecule has 31 heavy (non-hydrogen) atoms. The molecule has 2 rings (SSSR count). The predicted molar refractivity (Wildman–Crippen MR) is 119 cm³/mol. The van der Waals surface area contributed by atoms with E-state index < -0.39 is 10.0 Å². The minimum Gasteiger partial charge on any atom is -0.496 e. The Labute approximate surface area is 184 Å². The minimum absolute atomic E-state index is 0.0932. The fraction of sp³-hybridized carbons (Fsp3) is 0.409. The second-order valence-electron chi connectivity index (χ2n) is 6.77. The summed E-state index contributed by atoms with van der Waals surface area (Å²) in [5, 5.41) is 2.83.